The first-order chi connectivity index (χ1) is 6.52. The maximum atomic E-state index is 11.2. The molecule has 0 aromatic rings. The van der Waals surface area contributed by atoms with Gasteiger partial charge in [0.05, 0.1) is 5.71 Å². The van der Waals surface area contributed by atoms with Crippen molar-refractivity contribution in [3.63, 3.8) is 0 Å². The van der Waals surface area contributed by atoms with Crippen LogP contribution in [0.3, 0.4) is 0 Å². The first kappa shape index (κ1) is 10.4. The molecule has 1 aliphatic rings. The van der Waals surface area contributed by atoms with Crippen molar-refractivity contribution in [3.05, 3.63) is 0 Å². The van der Waals surface area contributed by atoms with E-state index < -0.39 is 11.9 Å². The zero-order valence-corrected chi connectivity index (χ0v) is 7.78. The second-order valence-electron chi connectivity index (χ2n) is 2.99. The molecule has 0 saturated heterocycles. The van der Waals surface area contributed by atoms with Crippen LogP contribution in [0.1, 0.15) is 19.8 Å². The van der Waals surface area contributed by atoms with Crippen LogP contribution >= 0.6 is 0 Å². The fourth-order valence-electron chi connectivity index (χ4n) is 1.09. The van der Waals surface area contributed by atoms with Crippen LogP contribution in [0.25, 0.3) is 0 Å². The van der Waals surface area contributed by atoms with E-state index in [2.05, 4.69) is 5.10 Å². The number of rotatable bonds is 4. The molecule has 0 atom stereocenters. The molecule has 1 heterocycles. The summed E-state index contributed by atoms with van der Waals surface area (Å²) in [6.07, 6.45) is 0.358. The van der Waals surface area contributed by atoms with Gasteiger partial charge in [-0.25, -0.2) is 5.01 Å². The van der Waals surface area contributed by atoms with Crippen LogP contribution in [0.2, 0.25) is 0 Å². The number of hydrogen-bond donors (Lipinski definition) is 2. The highest BCUT2D eigenvalue weighted by Gasteiger charge is 2.26. The van der Waals surface area contributed by atoms with Gasteiger partial charge in [-0.15, -0.1) is 0 Å². The van der Waals surface area contributed by atoms with E-state index in [1.807, 2.05) is 0 Å². The van der Waals surface area contributed by atoms with E-state index in [4.69, 9.17) is 10.5 Å². The van der Waals surface area contributed by atoms with Gasteiger partial charge in [-0.2, -0.15) is 5.10 Å². The summed E-state index contributed by atoms with van der Waals surface area (Å²) in [5.41, 5.74) is 0.269. The number of aliphatic carboxylic acids is 1. The fraction of sp³-hybridized carbons (Fsp3) is 0.500. The summed E-state index contributed by atoms with van der Waals surface area (Å²) in [6.45, 7) is 1.84. The molecule has 14 heavy (non-hydrogen) atoms. The number of hydrazone groups is 1. The minimum Gasteiger partial charge on any atom is -0.481 e. The van der Waals surface area contributed by atoms with Crippen LogP contribution in [-0.4, -0.2) is 40.0 Å². The summed E-state index contributed by atoms with van der Waals surface area (Å²) in [4.78, 5) is 21.4. The summed E-state index contributed by atoms with van der Waals surface area (Å²) >= 11 is 0. The van der Waals surface area contributed by atoms with Crippen molar-refractivity contribution < 1.29 is 14.7 Å². The Morgan fingerprint density at radius 1 is 1.64 bits per heavy atom. The van der Waals surface area contributed by atoms with Gasteiger partial charge in [-0.3, -0.25) is 15.0 Å². The summed E-state index contributed by atoms with van der Waals surface area (Å²) < 4.78 is 0. The van der Waals surface area contributed by atoms with E-state index in [9.17, 15) is 9.59 Å². The molecule has 6 heteroatoms. The molecule has 1 amide bonds. The lowest BCUT2D eigenvalue weighted by atomic mass is 10.2. The molecule has 0 unspecified atom stereocenters. The molecular formula is C8H11N3O3. The van der Waals surface area contributed by atoms with Crippen molar-refractivity contribution in [2.24, 2.45) is 5.10 Å². The molecular weight excluding hydrogens is 186 g/mol. The van der Waals surface area contributed by atoms with Crippen LogP contribution in [-0.2, 0) is 9.59 Å². The number of carbonyl (C=O) groups excluding carboxylic acids is 1. The Kier molecular flexibility index (Phi) is 2.95. The topological polar surface area (TPSA) is 93.8 Å². The number of hydrogen-bond acceptors (Lipinski definition) is 4. The largest absolute Gasteiger partial charge is 0.481 e. The van der Waals surface area contributed by atoms with Gasteiger partial charge < -0.3 is 5.11 Å². The third kappa shape index (κ3) is 2.15. The van der Waals surface area contributed by atoms with Crippen molar-refractivity contribution in [1.29, 1.82) is 5.41 Å². The highest BCUT2D eigenvalue weighted by molar-refractivity contribution is 6.67. The molecule has 2 N–H and O–H groups in total. The average molecular weight is 197 g/mol. The Balaban J connectivity index is 2.44. The quantitative estimate of drug-likeness (QED) is 0.668. The number of carbonyl (C=O) groups is 2. The van der Waals surface area contributed by atoms with Crippen LogP contribution in [0.4, 0.5) is 0 Å². The molecule has 1 rings (SSSR count). The molecule has 6 nitrogen and oxygen atoms in total. The van der Waals surface area contributed by atoms with Gasteiger partial charge in [0.1, 0.15) is 5.71 Å². The molecule has 1 aliphatic heterocycles. The monoisotopic (exact) mass is 197 g/mol. The van der Waals surface area contributed by atoms with E-state index in [-0.39, 0.29) is 18.7 Å². The number of carboxylic acid groups (broad SMARTS) is 1. The van der Waals surface area contributed by atoms with E-state index in [1.165, 1.54) is 0 Å². The summed E-state index contributed by atoms with van der Waals surface area (Å²) in [5.74, 6) is -1.35. The Morgan fingerprint density at radius 3 is 2.71 bits per heavy atom. The summed E-state index contributed by atoms with van der Waals surface area (Å²) in [5, 5.41) is 20.6. The summed E-state index contributed by atoms with van der Waals surface area (Å²) in [6, 6.07) is 0. The van der Waals surface area contributed by atoms with Crippen LogP contribution in [0.15, 0.2) is 5.10 Å². The van der Waals surface area contributed by atoms with Crippen LogP contribution < -0.4 is 0 Å². The average Bonchev–Trinajstić information content (AvgIpc) is 2.33. The maximum Gasteiger partial charge on any atom is 0.303 e. The fourth-order valence-corrected chi connectivity index (χ4v) is 1.09. The van der Waals surface area contributed by atoms with Crippen molar-refractivity contribution >= 4 is 23.3 Å². The normalized spacial score (nSPS) is 16.1. The van der Waals surface area contributed by atoms with Crippen molar-refractivity contribution in [2.45, 2.75) is 19.8 Å². The Morgan fingerprint density at radius 2 is 2.29 bits per heavy atom. The Bertz CT molecular complexity index is 322. The number of amides is 1. The number of nitrogens with one attached hydrogen (secondary N) is 1. The van der Waals surface area contributed by atoms with Crippen molar-refractivity contribution in [3.8, 4) is 0 Å². The molecule has 0 bridgehead atoms. The maximum absolute atomic E-state index is 11.2. The Hall–Kier alpha value is -1.72. The SMILES string of the molecule is CC1=NN(CCCC(=O)O)C(=O)C1=N. The molecule has 0 radical (unpaired) electrons. The van der Waals surface area contributed by atoms with E-state index in [0.29, 0.717) is 12.1 Å². The second-order valence-corrected chi connectivity index (χ2v) is 2.99. The van der Waals surface area contributed by atoms with Crippen molar-refractivity contribution in [1.82, 2.24) is 5.01 Å². The standard InChI is InChI=1S/C8H11N3O3/c1-5-7(9)8(14)11(10-5)4-2-3-6(12)13/h9H,2-4H2,1H3,(H,12,13). The van der Waals surface area contributed by atoms with Gasteiger partial charge in [-0.05, 0) is 13.3 Å². The van der Waals surface area contributed by atoms with Gasteiger partial charge in [0.25, 0.3) is 5.91 Å². The number of carboxylic acids is 1. The summed E-state index contributed by atoms with van der Waals surface area (Å²) in [7, 11) is 0. The van der Waals surface area contributed by atoms with Gasteiger partial charge in [0.15, 0.2) is 0 Å². The van der Waals surface area contributed by atoms with E-state index in [1.54, 1.807) is 6.92 Å². The predicted molar refractivity (Wildman–Crippen MR) is 49.4 cm³/mol. The molecule has 0 aromatic carbocycles. The molecule has 0 saturated carbocycles. The highest BCUT2D eigenvalue weighted by Crippen LogP contribution is 2.06. The molecule has 76 valence electrons. The van der Waals surface area contributed by atoms with Crippen molar-refractivity contribution in [2.75, 3.05) is 6.54 Å². The number of nitrogens with zero attached hydrogens (tertiary/aromatic N) is 2. The smallest absolute Gasteiger partial charge is 0.303 e. The minimum absolute atomic E-state index is 0.00564. The molecule has 0 aromatic heterocycles. The lowest BCUT2D eigenvalue weighted by molar-refractivity contribution is -0.137. The Labute approximate surface area is 80.7 Å². The lowest BCUT2D eigenvalue weighted by Gasteiger charge is -2.09. The molecule has 0 spiro atoms. The van der Waals surface area contributed by atoms with Crippen LogP contribution in [0.5, 0.6) is 0 Å². The zero-order chi connectivity index (χ0) is 10.7. The third-order valence-electron chi connectivity index (χ3n) is 1.84. The highest BCUT2D eigenvalue weighted by atomic mass is 16.4. The molecule has 0 aliphatic carbocycles. The van der Waals surface area contributed by atoms with Gasteiger partial charge in [0.2, 0.25) is 0 Å². The zero-order valence-electron chi connectivity index (χ0n) is 7.78. The first-order valence-electron chi connectivity index (χ1n) is 4.20. The lowest BCUT2D eigenvalue weighted by Crippen LogP contribution is -2.27. The van der Waals surface area contributed by atoms with Gasteiger partial charge >= 0.3 is 5.97 Å². The van der Waals surface area contributed by atoms with Crippen LogP contribution in [0, 0.1) is 5.41 Å². The third-order valence-corrected chi connectivity index (χ3v) is 1.84. The second kappa shape index (κ2) is 3.99. The first-order valence-corrected chi connectivity index (χ1v) is 4.20. The van der Waals surface area contributed by atoms with Gasteiger partial charge in [0, 0.05) is 13.0 Å². The van der Waals surface area contributed by atoms with E-state index >= 15 is 0 Å². The van der Waals surface area contributed by atoms with Gasteiger partial charge in [-0.1, -0.05) is 0 Å². The predicted octanol–water partition coefficient (Wildman–Crippen LogP) is 0.0891. The molecule has 0 fully saturated rings. The van der Waals surface area contributed by atoms with E-state index in [0.717, 1.165) is 5.01 Å². The minimum atomic E-state index is -0.896.